The first-order chi connectivity index (χ1) is 12.5. The molecule has 0 fully saturated rings. The second kappa shape index (κ2) is 7.58. The number of carbonyl (C=O) groups excluding carboxylic acids is 2. The fraction of sp³-hybridized carbons (Fsp3) is 0.300. The molecule has 26 heavy (non-hydrogen) atoms. The number of nitrogens with one attached hydrogen (secondary N) is 2. The van der Waals surface area contributed by atoms with Gasteiger partial charge in [-0.2, -0.15) is 0 Å². The number of carbonyl (C=O) groups is 2. The van der Waals surface area contributed by atoms with Gasteiger partial charge in [0.25, 0.3) is 0 Å². The van der Waals surface area contributed by atoms with Crippen molar-refractivity contribution >= 4 is 11.8 Å². The minimum Gasteiger partial charge on any atom is -0.493 e. The van der Waals surface area contributed by atoms with E-state index < -0.39 is 17.4 Å². The van der Waals surface area contributed by atoms with Crippen molar-refractivity contribution in [3.8, 4) is 5.75 Å². The molecule has 3 rings (SSSR count). The van der Waals surface area contributed by atoms with E-state index in [4.69, 9.17) is 4.74 Å². The van der Waals surface area contributed by atoms with Gasteiger partial charge < -0.3 is 20.5 Å². The normalized spacial score (nSPS) is 19.6. The number of hydrogen-bond acceptors (Lipinski definition) is 4. The van der Waals surface area contributed by atoms with Gasteiger partial charge in [-0.3, -0.25) is 9.59 Å². The zero-order valence-corrected chi connectivity index (χ0v) is 14.6. The van der Waals surface area contributed by atoms with Gasteiger partial charge in [0.2, 0.25) is 0 Å². The first-order valence-corrected chi connectivity index (χ1v) is 8.58. The smallest absolute Gasteiger partial charge is 0.309 e. The molecular weight excluding hydrogens is 332 g/mol. The summed E-state index contributed by atoms with van der Waals surface area (Å²) < 4.78 is 5.52. The molecule has 136 valence electrons. The number of hydrogen-bond donors (Lipinski definition) is 3. The molecule has 0 saturated carbocycles. The van der Waals surface area contributed by atoms with Crippen LogP contribution in [0.1, 0.15) is 30.5 Å². The number of rotatable bonds is 4. The number of benzene rings is 2. The number of aliphatic hydroxyl groups is 1. The van der Waals surface area contributed by atoms with Gasteiger partial charge in [0.05, 0.1) is 19.2 Å². The van der Waals surface area contributed by atoms with Gasteiger partial charge >= 0.3 is 11.8 Å². The van der Waals surface area contributed by atoms with Crippen molar-refractivity contribution in [3.05, 3.63) is 65.7 Å². The number of fused-ring (bicyclic) bond motifs is 1. The molecule has 1 heterocycles. The predicted octanol–water partition coefficient (Wildman–Crippen LogP) is 1.65. The molecule has 0 aliphatic carbocycles. The molecule has 1 aliphatic rings. The zero-order chi connectivity index (χ0) is 18.6. The molecule has 0 spiro atoms. The summed E-state index contributed by atoms with van der Waals surface area (Å²) in [6.45, 7) is 2.10. The summed E-state index contributed by atoms with van der Waals surface area (Å²) in [6.07, 6.45) is 0.340. The molecule has 1 aliphatic heterocycles. The summed E-state index contributed by atoms with van der Waals surface area (Å²) >= 11 is 0. The SMILES string of the molecule is CC(NC(=O)C(=O)NCC1(O)CCOc2ccccc21)c1ccccc1. The van der Waals surface area contributed by atoms with Crippen LogP contribution < -0.4 is 15.4 Å². The first-order valence-electron chi connectivity index (χ1n) is 8.58. The van der Waals surface area contributed by atoms with Crippen molar-refractivity contribution in [2.75, 3.05) is 13.2 Å². The van der Waals surface area contributed by atoms with Crippen molar-refractivity contribution < 1.29 is 19.4 Å². The standard InChI is InChI=1S/C20H22N2O4/c1-14(15-7-3-2-4-8-15)22-19(24)18(23)21-13-20(25)11-12-26-17-10-6-5-9-16(17)20/h2-10,14,25H,11-13H2,1H3,(H,21,23)(H,22,24). The van der Waals surface area contributed by atoms with Crippen molar-refractivity contribution in [2.45, 2.75) is 25.0 Å². The van der Waals surface area contributed by atoms with Crippen LogP contribution in [0.15, 0.2) is 54.6 Å². The highest BCUT2D eigenvalue weighted by atomic mass is 16.5. The van der Waals surface area contributed by atoms with Gasteiger partial charge in [-0.25, -0.2) is 0 Å². The van der Waals surface area contributed by atoms with Crippen LogP contribution in [0.5, 0.6) is 5.75 Å². The van der Waals surface area contributed by atoms with E-state index in [1.165, 1.54) is 0 Å². The second-order valence-corrected chi connectivity index (χ2v) is 6.41. The Balaban J connectivity index is 1.59. The molecule has 2 aromatic rings. The second-order valence-electron chi connectivity index (χ2n) is 6.41. The Hall–Kier alpha value is -2.86. The molecular formula is C20H22N2O4. The molecule has 0 radical (unpaired) electrons. The van der Waals surface area contributed by atoms with Gasteiger partial charge in [0, 0.05) is 12.0 Å². The molecule has 2 amide bonds. The van der Waals surface area contributed by atoms with E-state index in [1.807, 2.05) is 43.3 Å². The average Bonchev–Trinajstić information content (AvgIpc) is 2.67. The van der Waals surface area contributed by atoms with E-state index in [1.54, 1.807) is 18.2 Å². The predicted molar refractivity (Wildman–Crippen MR) is 96.5 cm³/mol. The maximum Gasteiger partial charge on any atom is 0.309 e. The van der Waals surface area contributed by atoms with Crippen LogP contribution in [0.2, 0.25) is 0 Å². The van der Waals surface area contributed by atoms with E-state index in [0.717, 1.165) is 5.56 Å². The average molecular weight is 354 g/mol. The summed E-state index contributed by atoms with van der Waals surface area (Å²) in [6, 6.07) is 16.3. The van der Waals surface area contributed by atoms with Gasteiger partial charge in [0.15, 0.2) is 0 Å². The van der Waals surface area contributed by atoms with Crippen LogP contribution in [-0.2, 0) is 15.2 Å². The Kier molecular flexibility index (Phi) is 5.23. The van der Waals surface area contributed by atoms with Gasteiger partial charge in [-0.1, -0.05) is 48.5 Å². The van der Waals surface area contributed by atoms with Crippen LogP contribution in [0.25, 0.3) is 0 Å². The lowest BCUT2D eigenvalue weighted by molar-refractivity contribution is -0.140. The van der Waals surface area contributed by atoms with Gasteiger partial charge in [-0.05, 0) is 18.6 Å². The Morgan fingerprint density at radius 3 is 2.58 bits per heavy atom. The van der Waals surface area contributed by atoms with Crippen molar-refractivity contribution in [3.63, 3.8) is 0 Å². The molecule has 3 N–H and O–H groups in total. The highest BCUT2D eigenvalue weighted by Crippen LogP contribution is 2.36. The fourth-order valence-electron chi connectivity index (χ4n) is 3.02. The summed E-state index contributed by atoms with van der Waals surface area (Å²) in [5, 5.41) is 16.1. The molecule has 0 saturated heterocycles. The first kappa shape index (κ1) is 17.9. The van der Waals surface area contributed by atoms with E-state index in [-0.39, 0.29) is 12.6 Å². The minimum absolute atomic E-state index is 0.0562. The third-order valence-corrected chi connectivity index (χ3v) is 4.56. The molecule has 0 bridgehead atoms. The largest absolute Gasteiger partial charge is 0.493 e. The third-order valence-electron chi connectivity index (χ3n) is 4.56. The summed E-state index contributed by atoms with van der Waals surface area (Å²) in [5.41, 5.74) is 0.269. The van der Waals surface area contributed by atoms with Crippen molar-refractivity contribution in [1.82, 2.24) is 10.6 Å². The topological polar surface area (TPSA) is 87.7 Å². The van der Waals surface area contributed by atoms with E-state index >= 15 is 0 Å². The monoisotopic (exact) mass is 354 g/mol. The Morgan fingerprint density at radius 1 is 1.12 bits per heavy atom. The quantitative estimate of drug-likeness (QED) is 0.729. The highest BCUT2D eigenvalue weighted by Gasteiger charge is 2.36. The van der Waals surface area contributed by atoms with Crippen LogP contribution in [0.4, 0.5) is 0 Å². The molecule has 0 aromatic heterocycles. The fourth-order valence-corrected chi connectivity index (χ4v) is 3.02. The summed E-state index contributed by atoms with van der Waals surface area (Å²) in [5.74, 6) is -0.909. The Morgan fingerprint density at radius 2 is 1.81 bits per heavy atom. The lowest BCUT2D eigenvalue weighted by Gasteiger charge is -2.34. The summed E-state index contributed by atoms with van der Waals surface area (Å²) in [7, 11) is 0. The number of para-hydroxylation sites is 1. The minimum atomic E-state index is -1.25. The molecule has 2 aromatic carbocycles. The Bertz CT molecular complexity index is 793. The van der Waals surface area contributed by atoms with Gasteiger partial charge in [-0.15, -0.1) is 0 Å². The highest BCUT2D eigenvalue weighted by molar-refractivity contribution is 6.35. The maximum absolute atomic E-state index is 12.1. The lowest BCUT2D eigenvalue weighted by Crippen LogP contribution is -2.48. The van der Waals surface area contributed by atoms with E-state index in [2.05, 4.69) is 10.6 Å². The van der Waals surface area contributed by atoms with Crippen LogP contribution in [0.3, 0.4) is 0 Å². The van der Waals surface area contributed by atoms with E-state index in [9.17, 15) is 14.7 Å². The number of amides is 2. The Labute approximate surface area is 152 Å². The van der Waals surface area contributed by atoms with Gasteiger partial charge in [0.1, 0.15) is 11.4 Å². The zero-order valence-electron chi connectivity index (χ0n) is 14.6. The van der Waals surface area contributed by atoms with Crippen molar-refractivity contribution in [2.24, 2.45) is 0 Å². The van der Waals surface area contributed by atoms with Crippen molar-refractivity contribution in [1.29, 1.82) is 0 Å². The molecule has 6 heteroatoms. The van der Waals surface area contributed by atoms with Crippen LogP contribution >= 0.6 is 0 Å². The molecule has 6 nitrogen and oxygen atoms in total. The van der Waals surface area contributed by atoms with Crippen LogP contribution in [-0.4, -0.2) is 30.1 Å². The maximum atomic E-state index is 12.1. The summed E-state index contributed by atoms with van der Waals surface area (Å²) in [4.78, 5) is 24.3. The molecule has 2 unspecified atom stereocenters. The van der Waals surface area contributed by atoms with Crippen LogP contribution in [0, 0.1) is 0 Å². The number of ether oxygens (including phenoxy) is 1. The van der Waals surface area contributed by atoms with E-state index in [0.29, 0.717) is 24.3 Å². The third kappa shape index (κ3) is 3.86. The lowest BCUT2D eigenvalue weighted by atomic mass is 9.88. The molecule has 2 atom stereocenters.